The molecule has 1 saturated heterocycles. The van der Waals surface area contributed by atoms with Crippen LogP contribution in [0.4, 0.5) is 11.4 Å². The van der Waals surface area contributed by atoms with Crippen molar-refractivity contribution in [2.75, 3.05) is 51.1 Å². The van der Waals surface area contributed by atoms with E-state index in [0.29, 0.717) is 0 Å². The SMILES string of the molecule is CN(C)c1ccc(CN2CCN(Cc3ccc(N(C)C)cc3)C2c2ccc(Cl)cc2)cc1. The maximum absolute atomic E-state index is 6.20. The smallest absolute Gasteiger partial charge is 0.0892 e. The topological polar surface area (TPSA) is 13.0 Å². The molecule has 0 spiro atoms. The van der Waals surface area contributed by atoms with Crippen LogP contribution in [-0.4, -0.2) is 51.1 Å². The summed E-state index contributed by atoms with van der Waals surface area (Å²) in [5, 5.41) is 0.781. The van der Waals surface area contributed by atoms with Gasteiger partial charge in [-0.3, -0.25) is 9.80 Å². The number of halogens is 1. The summed E-state index contributed by atoms with van der Waals surface area (Å²) >= 11 is 6.20. The van der Waals surface area contributed by atoms with Gasteiger partial charge in [-0.2, -0.15) is 0 Å². The van der Waals surface area contributed by atoms with E-state index < -0.39 is 0 Å². The van der Waals surface area contributed by atoms with Crippen LogP contribution >= 0.6 is 11.6 Å². The van der Waals surface area contributed by atoms with E-state index in [9.17, 15) is 0 Å². The van der Waals surface area contributed by atoms with Crippen molar-refractivity contribution in [3.8, 4) is 0 Å². The molecule has 0 radical (unpaired) electrons. The van der Waals surface area contributed by atoms with Crippen molar-refractivity contribution < 1.29 is 0 Å². The molecule has 3 aromatic rings. The van der Waals surface area contributed by atoms with E-state index in [0.717, 1.165) is 31.2 Å². The molecular weight excluding hydrogens is 416 g/mol. The van der Waals surface area contributed by atoms with Crippen LogP contribution in [0.5, 0.6) is 0 Å². The fraction of sp³-hybridized carbons (Fsp3) is 0.333. The molecule has 0 saturated carbocycles. The van der Waals surface area contributed by atoms with E-state index in [1.165, 1.54) is 28.1 Å². The van der Waals surface area contributed by atoms with Crippen molar-refractivity contribution in [2.24, 2.45) is 0 Å². The highest BCUT2D eigenvalue weighted by Gasteiger charge is 2.33. The average molecular weight is 449 g/mol. The Hall–Kier alpha value is -2.53. The van der Waals surface area contributed by atoms with Crippen LogP contribution in [0.3, 0.4) is 0 Å². The molecule has 4 nitrogen and oxygen atoms in total. The summed E-state index contributed by atoms with van der Waals surface area (Å²) in [4.78, 5) is 9.42. The second kappa shape index (κ2) is 9.95. The highest BCUT2D eigenvalue weighted by atomic mass is 35.5. The first kappa shape index (κ1) is 22.7. The zero-order valence-electron chi connectivity index (χ0n) is 19.5. The lowest BCUT2D eigenvalue weighted by Gasteiger charge is -2.31. The Morgan fingerprint density at radius 3 is 1.44 bits per heavy atom. The first-order chi connectivity index (χ1) is 15.4. The fourth-order valence-electron chi connectivity index (χ4n) is 4.39. The Morgan fingerprint density at radius 1 is 0.656 bits per heavy atom. The lowest BCUT2D eigenvalue weighted by Crippen LogP contribution is -2.30. The number of hydrogen-bond donors (Lipinski definition) is 0. The van der Waals surface area contributed by atoms with Gasteiger partial charge in [0, 0.05) is 70.8 Å². The maximum atomic E-state index is 6.20. The number of nitrogens with zero attached hydrogens (tertiary/aromatic N) is 4. The standard InChI is InChI=1S/C27H33ClN4/c1-29(2)25-13-5-21(6-14-25)19-31-17-18-32(27(31)23-9-11-24(28)12-10-23)20-22-7-15-26(16-8-22)30(3)4/h5-16,27H,17-20H2,1-4H3. The van der Waals surface area contributed by atoms with Gasteiger partial charge in [0.2, 0.25) is 0 Å². The summed E-state index contributed by atoms with van der Waals surface area (Å²) in [5.74, 6) is 0. The molecule has 0 aromatic heterocycles. The van der Waals surface area contributed by atoms with Crippen molar-refractivity contribution in [3.63, 3.8) is 0 Å². The minimum absolute atomic E-state index is 0.231. The Morgan fingerprint density at radius 2 is 1.06 bits per heavy atom. The quantitative estimate of drug-likeness (QED) is 0.473. The van der Waals surface area contributed by atoms with Crippen LogP contribution in [0, 0.1) is 0 Å². The Labute approximate surface area is 197 Å². The molecule has 1 aliphatic heterocycles. The minimum atomic E-state index is 0.231. The molecule has 0 aliphatic carbocycles. The Bertz CT molecular complexity index is 936. The van der Waals surface area contributed by atoms with Crippen LogP contribution in [0.15, 0.2) is 72.8 Å². The Balaban J connectivity index is 1.55. The molecule has 0 bridgehead atoms. The van der Waals surface area contributed by atoms with Crippen molar-refractivity contribution in [3.05, 3.63) is 94.5 Å². The van der Waals surface area contributed by atoms with Gasteiger partial charge in [0.05, 0.1) is 6.17 Å². The molecule has 168 valence electrons. The number of rotatable bonds is 7. The van der Waals surface area contributed by atoms with Gasteiger partial charge >= 0.3 is 0 Å². The summed E-state index contributed by atoms with van der Waals surface area (Å²) in [6.45, 7) is 3.94. The molecule has 0 unspecified atom stereocenters. The second-order valence-corrected chi connectivity index (χ2v) is 9.42. The van der Waals surface area contributed by atoms with Gasteiger partial charge in [-0.15, -0.1) is 0 Å². The summed E-state index contributed by atoms with van der Waals surface area (Å²) in [5.41, 5.74) is 6.43. The molecule has 1 aliphatic rings. The lowest BCUT2D eigenvalue weighted by molar-refractivity contribution is 0.126. The summed E-state index contributed by atoms with van der Waals surface area (Å²) in [6, 6.07) is 26.1. The molecule has 0 atom stereocenters. The zero-order valence-corrected chi connectivity index (χ0v) is 20.3. The van der Waals surface area contributed by atoms with Crippen LogP contribution in [0.2, 0.25) is 5.02 Å². The van der Waals surface area contributed by atoms with E-state index in [-0.39, 0.29) is 6.17 Å². The summed E-state index contributed by atoms with van der Waals surface area (Å²) in [7, 11) is 8.31. The predicted octanol–water partition coefficient (Wildman–Crippen LogP) is 5.49. The third kappa shape index (κ3) is 5.26. The van der Waals surface area contributed by atoms with E-state index in [1.807, 2.05) is 12.1 Å². The Kier molecular flexibility index (Phi) is 7.04. The van der Waals surface area contributed by atoms with Crippen molar-refractivity contribution in [1.82, 2.24) is 9.80 Å². The highest BCUT2D eigenvalue weighted by Crippen LogP contribution is 2.33. The lowest BCUT2D eigenvalue weighted by atomic mass is 10.1. The first-order valence-corrected chi connectivity index (χ1v) is 11.5. The van der Waals surface area contributed by atoms with E-state index in [1.54, 1.807) is 0 Å². The monoisotopic (exact) mass is 448 g/mol. The van der Waals surface area contributed by atoms with Crippen molar-refractivity contribution >= 4 is 23.0 Å². The predicted molar refractivity (Wildman–Crippen MR) is 137 cm³/mol. The van der Waals surface area contributed by atoms with Gasteiger partial charge < -0.3 is 9.80 Å². The van der Waals surface area contributed by atoms with E-state index in [2.05, 4.69) is 108 Å². The summed E-state index contributed by atoms with van der Waals surface area (Å²) < 4.78 is 0. The molecule has 1 heterocycles. The molecule has 4 rings (SSSR count). The third-order valence-corrected chi connectivity index (χ3v) is 6.46. The first-order valence-electron chi connectivity index (χ1n) is 11.2. The van der Waals surface area contributed by atoms with Crippen LogP contribution < -0.4 is 9.80 Å². The molecule has 0 amide bonds. The van der Waals surface area contributed by atoms with Gasteiger partial charge in [0.15, 0.2) is 0 Å². The zero-order chi connectivity index (χ0) is 22.7. The van der Waals surface area contributed by atoms with Crippen molar-refractivity contribution in [1.29, 1.82) is 0 Å². The van der Waals surface area contributed by atoms with Crippen molar-refractivity contribution in [2.45, 2.75) is 19.3 Å². The summed E-state index contributed by atoms with van der Waals surface area (Å²) in [6.07, 6.45) is 0.231. The minimum Gasteiger partial charge on any atom is -0.378 e. The van der Waals surface area contributed by atoms with Crippen LogP contribution in [-0.2, 0) is 13.1 Å². The fourth-order valence-corrected chi connectivity index (χ4v) is 4.51. The van der Waals surface area contributed by atoms with Crippen LogP contribution in [0.25, 0.3) is 0 Å². The van der Waals surface area contributed by atoms with Gasteiger partial charge in [0.1, 0.15) is 0 Å². The van der Waals surface area contributed by atoms with Gasteiger partial charge in [-0.1, -0.05) is 48.0 Å². The molecular formula is C27H33ClN4. The largest absolute Gasteiger partial charge is 0.378 e. The highest BCUT2D eigenvalue weighted by molar-refractivity contribution is 6.30. The van der Waals surface area contributed by atoms with E-state index in [4.69, 9.17) is 11.6 Å². The maximum Gasteiger partial charge on any atom is 0.0892 e. The molecule has 3 aromatic carbocycles. The molecule has 32 heavy (non-hydrogen) atoms. The third-order valence-electron chi connectivity index (χ3n) is 6.21. The normalized spacial score (nSPS) is 15.3. The number of benzene rings is 3. The van der Waals surface area contributed by atoms with E-state index >= 15 is 0 Å². The number of hydrogen-bond acceptors (Lipinski definition) is 4. The average Bonchev–Trinajstić information content (AvgIpc) is 3.17. The van der Waals surface area contributed by atoms with Crippen LogP contribution in [0.1, 0.15) is 22.9 Å². The van der Waals surface area contributed by atoms with Gasteiger partial charge in [0.25, 0.3) is 0 Å². The second-order valence-electron chi connectivity index (χ2n) is 8.99. The molecule has 5 heteroatoms. The molecule has 1 fully saturated rings. The van der Waals surface area contributed by atoms with Gasteiger partial charge in [-0.05, 0) is 53.1 Å². The molecule has 0 N–H and O–H groups in total. The number of anilines is 2. The van der Waals surface area contributed by atoms with Gasteiger partial charge in [-0.25, -0.2) is 0 Å².